The SMILES string of the molecule is CC1(C)C2(C[C@@]3(C)C=CC(=O)C[C@@]13C)OCCO2. The maximum Gasteiger partial charge on any atom is 0.174 e. The van der Waals surface area contributed by atoms with Crippen LogP contribution in [-0.4, -0.2) is 24.8 Å². The van der Waals surface area contributed by atoms with Crippen LogP contribution in [0.4, 0.5) is 0 Å². The molecule has 2 aliphatic carbocycles. The summed E-state index contributed by atoms with van der Waals surface area (Å²) in [6, 6.07) is 0. The Labute approximate surface area is 109 Å². The van der Waals surface area contributed by atoms with Gasteiger partial charge in [-0.25, -0.2) is 0 Å². The van der Waals surface area contributed by atoms with Crippen LogP contribution in [0.15, 0.2) is 12.2 Å². The Bertz CT molecular complexity index is 431. The lowest BCUT2D eigenvalue weighted by Crippen LogP contribution is -2.50. The van der Waals surface area contributed by atoms with Crippen LogP contribution in [0.3, 0.4) is 0 Å². The van der Waals surface area contributed by atoms with Crippen molar-refractivity contribution in [3.63, 3.8) is 0 Å². The van der Waals surface area contributed by atoms with Crippen molar-refractivity contribution in [1.82, 2.24) is 0 Å². The van der Waals surface area contributed by atoms with E-state index in [2.05, 4.69) is 33.8 Å². The minimum absolute atomic E-state index is 0.0330. The molecule has 2 fully saturated rings. The molecule has 0 aromatic rings. The van der Waals surface area contributed by atoms with Gasteiger partial charge in [0.1, 0.15) is 0 Å². The lowest BCUT2D eigenvalue weighted by Gasteiger charge is -2.50. The van der Waals surface area contributed by atoms with Gasteiger partial charge >= 0.3 is 0 Å². The maximum atomic E-state index is 11.9. The molecular weight excluding hydrogens is 228 g/mol. The van der Waals surface area contributed by atoms with Crippen LogP contribution < -0.4 is 0 Å². The van der Waals surface area contributed by atoms with Crippen molar-refractivity contribution in [3.05, 3.63) is 12.2 Å². The van der Waals surface area contributed by atoms with Gasteiger partial charge in [-0.2, -0.15) is 0 Å². The van der Waals surface area contributed by atoms with Crippen molar-refractivity contribution in [3.8, 4) is 0 Å². The minimum Gasteiger partial charge on any atom is -0.347 e. The topological polar surface area (TPSA) is 35.5 Å². The van der Waals surface area contributed by atoms with Crippen LogP contribution in [0.25, 0.3) is 0 Å². The highest BCUT2D eigenvalue weighted by molar-refractivity contribution is 5.91. The molecule has 0 aromatic carbocycles. The van der Waals surface area contributed by atoms with Crippen LogP contribution >= 0.6 is 0 Å². The molecule has 2 atom stereocenters. The highest BCUT2D eigenvalue weighted by atomic mass is 16.7. The number of ether oxygens (including phenoxy) is 2. The second-order valence-corrected chi connectivity index (χ2v) is 6.98. The fraction of sp³-hybridized carbons (Fsp3) is 0.800. The van der Waals surface area contributed by atoms with Gasteiger partial charge in [-0.05, 0) is 16.9 Å². The monoisotopic (exact) mass is 250 g/mol. The van der Waals surface area contributed by atoms with Gasteiger partial charge in [-0.1, -0.05) is 33.8 Å². The first-order chi connectivity index (χ1) is 8.27. The van der Waals surface area contributed by atoms with Gasteiger partial charge in [-0.15, -0.1) is 0 Å². The molecule has 0 aromatic heterocycles. The molecule has 1 heterocycles. The van der Waals surface area contributed by atoms with E-state index in [-0.39, 0.29) is 22.0 Å². The summed E-state index contributed by atoms with van der Waals surface area (Å²) in [5.74, 6) is -0.302. The zero-order chi connectivity index (χ0) is 13.2. The Balaban J connectivity index is 2.15. The van der Waals surface area contributed by atoms with E-state index in [1.807, 2.05) is 0 Å². The van der Waals surface area contributed by atoms with E-state index in [0.29, 0.717) is 19.6 Å². The summed E-state index contributed by atoms with van der Waals surface area (Å²) in [5.41, 5.74) is -0.323. The van der Waals surface area contributed by atoms with Gasteiger partial charge in [0.2, 0.25) is 0 Å². The van der Waals surface area contributed by atoms with Crippen molar-refractivity contribution in [2.45, 2.75) is 46.3 Å². The molecule has 1 spiro atoms. The van der Waals surface area contributed by atoms with Crippen molar-refractivity contribution in [2.75, 3.05) is 13.2 Å². The van der Waals surface area contributed by atoms with Crippen LogP contribution in [0, 0.1) is 16.2 Å². The maximum absolute atomic E-state index is 11.9. The van der Waals surface area contributed by atoms with E-state index in [0.717, 1.165) is 6.42 Å². The minimum atomic E-state index is -0.522. The van der Waals surface area contributed by atoms with Crippen LogP contribution in [0.5, 0.6) is 0 Å². The number of fused-ring (bicyclic) bond motifs is 1. The van der Waals surface area contributed by atoms with Crippen molar-refractivity contribution < 1.29 is 14.3 Å². The van der Waals surface area contributed by atoms with E-state index < -0.39 is 5.79 Å². The molecule has 100 valence electrons. The molecule has 0 N–H and O–H groups in total. The highest BCUT2D eigenvalue weighted by Crippen LogP contribution is 2.71. The molecular formula is C15H22O3. The Morgan fingerprint density at radius 3 is 2.33 bits per heavy atom. The fourth-order valence-corrected chi connectivity index (χ4v) is 4.30. The number of carbonyl (C=O) groups is 1. The average molecular weight is 250 g/mol. The summed E-state index contributed by atoms with van der Waals surface area (Å²) in [7, 11) is 0. The van der Waals surface area contributed by atoms with Crippen LogP contribution in [0.2, 0.25) is 0 Å². The van der Waals surface area contributed by atoms with Crippen molar-refractivity contribution >= 4 is 5.78 Å². The number of ketones is 1. The predicted octanol–water partition coefficient (Wildman–Crippen LogP) is 2.70. The summed E-state index contributed by atoms with van der Waals surface area (Å²) < 4.78 is 12.0. The van der Waals surface area contributed by atoms with Gasteiger partial charge in [0.05, 0.1) is 13.2 Å². The average Bonchev–Trinajstić information content (AvgIpc) is 2.78. The van der Waals surface area contributed by atoms with Gasteiger partial charge in [-0.3, -0.25) is 4.79 Å². The molecule has 3 heteroatoms. The number of hydrogen-bond donors (Lipinski definition) is 0. The molecule has 0 amide bonds. The van der Waals surface area contributed by atoms with E-state index in [1.165, 1.54) is 0 Å². The molecule has 1 saturated carbocycles. The summed E-state index contributed by atoms with van der Waals surface area (Å²) in [4.78, 5) is 11.9. The fourth-order valence-electron chi connectivity index (χ4n) is 4.30. The molecule has 0 unspecified atom stereocenters. The molecule has 1 saturated heterocycles. The number of rotatable bonds is 0. The molecule has 0 bridgehead atoms. The number of hydrogen-bond acceptors (Lipinski definition) is 3. The summed E-state index contributed by atoms with van der Waals surface area (Å²) in [5, 5.41) is 0. The van der Waals surface area contributed by atoms with E-state index in [9.17, 15) is 4.79 Å². The lowest BCUT2D eigenvalue weighted by atomic mass is 9.54. The van der Waals surface area contributed by atoms with Crippen LogP contribution in [0.1, 0.15) is 40.5 Å². The van der Waals surface area contributed by atoms with Gasteiger partial charge in [0.15, 0.2) is 11.6 Å². The van der Waals surface area contributed by atoms with Gasteiger partial charge in [0.25, 0.3) is 0 Å². The Morgan fingerprint density at radius 2 is 1.72 bits per heavy atom. The normalized spacial score (nSPS) is 44.6. The van der Waals surface area contributed by atoms with Crippen molar-refractivity contribution in [1.29, 1.82) is 0 Å². The van der Waals surface area contributed by atoms with Gasteiger partial charge in [0, 0.05) is 18.3 Å². The largest absolute Gasteiger partial charge is 0.347 e. The zero-order valence-electron chi connectivity index (χ0n) is 11.7. The third kappa shape index (κ3) is 1.15. The summed E-state index contributed by atoms with van der Waals surface area (Å²) in [6.07, 6.45) is 5.25. The standard InChI is InChI=1S/C15H22O3/c1-12(2)14(4)9-11(16)5-6-13(14,3)10-15(12)17-7-8-18-15/h5-6H,7-10H2,1-4H3/t13-,14+/m1/s1. The molecule has 3 rings (SSSR count). The summed E-state index contributed by atoms with van der Waals surface area (Å²) in [6.45, 7) is 10.2. The van der Waals surface area contributed by atoms with Crippen LogP contribution in [-0.2, 0) is 14.3 Å². The Morgan fingerprint density at radius 1 is 1.11 bits per heavy atom. The molecule has 18 heavy (non-hydrogen) atoms. The smallest absolute Gasteiger partial charge is 0.174 e. The van der Waals surface area contributed by atoms with Crippen molar-refractivity contribution in [2.24, 2.45) is 16.2 Å². The molecule has 3 aliphatic rings. The second kappa shape index (κ2) is 3.26. The Hall–Kier alpha value is -0.670. The first-order valence-corrected chi connectivity index (χ1v) is 6.76. The predicted molar refractivity (Wildman–Crippen MR) is 68.0 cm³/mol. The first-order valence-electron chi connectivity index (χ1n) is 6.76. The number of carbonyl (C=O) groups excluding carboxylic acids is 1. The highest BCUT2D eigenvalue weighted by Gasteiger charge is 2.72. The van der Waals surface area contributed by atoms with Gasteiger partial charge < -0.3 is 9.47 Å². The Kier molecular flexibility index (Phi) is 2.24. The molecule has 0 radical (unpaired) electrons. The molecule has 3 nitrogen and oxygen atoms in total. The van der Waals surface area contributed by atoms with E-state index >= 15 is 0 Å². The first kappa shape index (κ1) is 12.4. The number of allylic oxidation sites excluding steroid dienone is 2. The van der Waals surface area contributed by atoms with E-state index in [4.69, 9.17) is 9.47 Å². The second-order valence-electron chi connectivity index (χ2n) is 6.98. The quantitative estimate of drug-likeness (QED) is 0.663. The third-order valence-electron chi connectivity index (χ3n) is 6.11. The van der Waals surface area contributed by atoms with E-state index in [1.54, 1.807) is 6.08 Å². The third-order valence-corrected chi connectivity index (χ3v) is 6.11. The zero-order valence-corrected chi connectivity index (χ0v) is 11.7. The molecule has 1 aliphatic heterocycles. The summed E-state index contributed by atoms with van der Waals surface area (Å²) >= 11 is 0. The lowest BCUT2D eigenvalue weighted by molar-refractivity contribution is -0.229.